The summed E-state index contributed by atoms with van der Waals surface area (Å²) in [4.78, 5) is 12.8. The molecule has 0 aliphatic carbocycles. The lowest BCUT2D eigenvalue weighted by Gasteiger charge is -2.39. The molecule has 1 heterocycles. The summed E-state index contributed by atoms with van der Waals surface area (Å²) in [5.41, 5.74) is 0. The maximum absolute atomic E-state index is 12.8. The van der Waals surface area contributed by atoms with Gasteiger partial charge in [0.1, 0.15) is 30.5 Å². The molecule has 1 aliphatic rings. The fraction of sp³-hybridized carbons (Fsp3) is 0.796. The summed E-state index contributed by atoms with van der Waals surface area (Å²) in [7, 11) is 0. The Hall–Kier alpha value is -2.11. The van der Waals surface area contributed by atoms with Gasteiger partial charge in [0.05, 0.1) is 19.8 Å². The Balaban J connectivity index is 2.18. The SMILES string of the molecule is CCCC/C=C\C/C=C\CCCCCCCC(=O)OC(COCCCCCCCCCCCCC/C=C\C/C=C\C/C=C\CCCCCCC)COC1OC(CO)C(O)C(O)C1O. The first-order valence-electron chi connectivity index (χ1n) is 25.9. The average Bonchev–Trinajstić information content (AvgIpc) is 3.28. The van der Waals surface area contributed by atoms with Crippen molar-refractivity contribution in [3.63, 3.8) is 0 Å². The highest BCUT2D eigenvalue weighted by atomic mass is 16.7. The van der Waals surface area contributed by atoms with Crippen LogP contribution in [0.1, 0.15) is 213 Å². The van der Waals surface area contributed by atoms with Gasteiger partial charge in [0, 0.05) is 13.0 Å². The minimum atomic E-state index is -1.54. The Kier molecular flexibility index (Phi) is 42.1. The van der Waals surface area contributed by atoms with Gasteiger partial charge in [-0.25, -0.2) is 0 Å². The van der Waals surface area contributed by atoms with E-state index in [1.807, 2.05) is 0 Å². The number of carbonyl (C=O) groups excluding carboxylic acids is 1. The number of ether oxygens (including phenoxy) is 4. The predicted molar refractivity (Wildman–Crippen MR) is 261 cm³/mol. The fourth-order valence-corrected chi connectivity index (χ4v) is 7.57. The van der Waals surface area contributed by atoms with Gasteiger partial charge < -0.3 is 39.4 Å². The Labute approximate surface area is 385 Å². The molecule has 0 bridgehead atoms. The molecular formula is C54H96O9. The van der Waals surface area contributed by atoms with E-state index < -0.39 is 43.4 Å². The van der Waals surface area contributed by atoms with E-state index in [9.17, 15) is 25.2 Å². The molecule has 1 fully saturated rings. The molecule has 0 aromatic heterocycles. The first kappa shape index (κ1) is 58.9. The molecule has 4 N–H and O–H groups in total. The lowest BCUT2D eigenvalue weighted by Crippen LogP contribution is -2.59. The van der Waals surface area contributed by atoms with Gasteiger partial charge in [0.2, 0.25) is 0 Å². The first-order valence-corrected chi connectivity index (χ1v) is 25.9. The van der Waals surface area contributed by atoms with Gasteiger partial charge in [0.25, 0.3) is 0 Å². The summed E-state index contributed by atoms with van der Waals surface area (Å²) in [6.07, 6.45) is 51.1. The molecule has 9 heteroatoms. The van der Waals surface area contributed by atoms with Crippen LogP contribution in [0.3, 0.4) is 0 Å². The van der Waals surface area contributed by atoms with E-state index in [4.69, 9.17) is 18.9 Å². The second-order valence-corrected chi connectivity index (χ2v) is 17.6. The minimum absolute atomic E-state index is 0.122. The monoisotopic (exact) mass is 889 g/mol. The molecule has 63 heavy (non-hydrogen) atoms. The summed E-state index contributed by atoms with van der Waals surface area (Å²) >= 11 is 0. The first-order chi connectivity index (χ1) is 30.9. The van der Waals surface area contributed by atoms with Crippen LogP contribution >= 0.6 is 0 Å². The van der Waals surface area contributed by atoms with Crippen molar-refractivity contribution < 1.29 is 44.2 Å². The van der Waals surface area contributed by atoms with Crippen LogP contribution in [0.25, 0.3) is 0 Å². The summed E-state index contributed by atoms with van der Waals surface area (Å²) in [6, 6.07) is 0. The third-order valence-corrected chi connectivity index (χ3v) is 11.7. The molecule has 0 saturated carbocycles. The van der Waals surface area contributed by atoms with Gasteiger partial charge in [0.15, 0.2) is 6.29 Å². The van der Waals surface area contributed by atoms with E-state index >= 15 is 0 Å². The molecule has 0 spiro atoms. The number of carbonyl (C=O) groups is 1. The van der Waals surface area contributed by atoms with E-state index in [2.05, 4.69) is 74.6 Å². The number of aliphatic hydroxyl groups excluding tert-OH is 4. The van der Waals surface area contributed by atoms with Crippen molar-refractivity contribution in [3.05, 3.63) is 60.8 Å². The van der Waals surface area contributed by atoms with Gasteiger partial charge in [-0.15, -0.1) is 0 Å². The second kappa shape index (κ2) is 45.1. The number of esters is 1. The molecule has 6 atom stereocenters. The molecule has 0 radical (unpaired) electrons. The van der Waals surface area contributed by atoms with Crippen molar-refractivity contribution in [3.8, 4) is 0 Å². The van der Waals surface area contributed by atoms with Crippen molar-refractivity contribution in [2.24, 2.45) is 0 Å². The molecule has 0 aromatic rings. The maximum atomic E-state index is 12.8. The summed E-state index contributed by atoms with van der Waals surface area (Å²) < 4.78 is 22.9. The van der Waals surface area contributed by atoms with Crippen LogP contribution in [0.4, 0.5) is 0 Å². The summed E-state index contributed by atoms with van der Waals surface area (Å²) in [6.45, 7) is 4.49. The highest BCUT2D eigenvalue weighted by molar-refractivity contribution is 5.69. The van der Waals surface area contributed by atoms with Crippen molar-refractivity contribution in [2.75, 3.05) is 26.4 Å². The van der Waals surface area contributed by atoms with Gasteiger partial charge >= 0.3 is 5.97 Å². The highest BCUT2D eigenvalue weighted by Crippen LogP contribution is 2.23. The second-order valence-electron chi connectivity index (χ2n) is 17.6. The van der Waals surface area contributed by atoms with Crippen LogP contribution in [-0.2, 0) is 23.7 Å². The molecule has 6 unspecified atom stereocenters. The van der Waals surface area contributed by atoms with Crippen molar-refractivity contribution in [1.82, 2.24) is 0 Å². The van der Waals surface area contributed by atoms with Gasteiger partial charge in [-0.05, 0) is 77.0 Å². The molecule has 0 aromatic carbocycles. The number of hydrogen-bond acceptors (Lipinski definition) is 9. The van der Waals surface area contributed by atoms with E-state index in [-0.39, 0.29) is 19.2 Å². The summed E-state index contributed by atoms with van der Waals surface area (Å²) in [5, 5.41) is 40.2. The lowest BCUT2D eigenvalue weighted by atomic mass is 9.99. The van der Waals surface area contributed by atoms with Crippen LogP contribution in [0.15, 0.2) is 60.8 Å². The maximum Gasteiger partial charge on any atom is 0.306 e. The van der Waals surface area contributed by atoms with Gasteiger partial charge in [-0.3, -0.25) is 4.79 Å². The Morgan fingerprint density at radius 1 is 0.508 bits per heavy atom. The van der Waals surface area contributed by atoms with Crippen LogP contribution in [0.2, 0.25) is 0 Å². The zero-order valence-electron chi connectivity index (χ0n) is 40.3. The predicted octanol–water partition coefficient (Wildman–Crippen LogP) is 12.6. The molecule has 1 rings (SSSR count). The Bertz CT molecular complexity index is 1150. The van der Waals surface area contributed by atoms with Crippen LogP contribution in [-0.4, -0.2) is 89.6 Å². The Morgan fingerprint density at radius 3 is 1.43 bits per heavy atom. The lowest BCUT2D eigenvalue weighted by molar-refractivity contribution is -0.305. The molecule has 9 nitrogen and oxygen atoms in total. The number of allylic oxidation sites excluding steroid dienone is 10. The van der Waals surface area contributed by atoms with Gasteiger partial charge in [-0.2, -0.15) is 0 Å². The van der Waals surface area contributed by atoms with Crippen molar-refractivity contribution in [1.29, 1.82) is 0 Å². The van der Waals surface area contributed by atoms with E-state index in [1.165, 1.54) is 122 Å². The van der Waals surface area contributed by atoms with E-state index in [1.54, 1.807) is 0 Å². The summed E-state index contributed by atoms with van der Waals surface area (Å²) in [5.74, 6) is -0.329. The number of hydrogen-bond donors (Lipinski definition) is 4. The Morgan fingerprint density at radius 2 is 0.937 bits per heavy atom. The van der Waals surface area contributed by atoms with Gasteiger partial charge in [-0.1, -0.05) is 190 Å². The number of aliphatic hydroxyl groups is 4. The van der Waals surface area contributed by atoms with Crippen LogP contribution in [0, 0.1) is 0 Å². The zero-order valence-corrected chi connectivity index (χ0v) is 40.3. The van der Waals surface area contributed by atoms with Crippen molar-refractivity contribution >= 4 is 5.97 Å². The van der Waals surface area contributed by atoms with Crippen LogP contribution < -0.4 is 0 Å². The molecule has 0 amide bonds. The standard InChI is InChI=1S/C54H96O9/c1-3-5-7-9-11-13-15-17-19-20-21-22-23-24-25-26-27-28-29-30-32-34-36-38-40-42-44-60-46-48(47-61-54-53(59)52(58)51(57)49(45-55)63-54)62-50(56)43-41-39-37-35-33-31-18-16-14-12-10-8-6-4-2/h10,12,15-18,20-21,23-24,48-49,51-55,57-59H,3-9,11,13-14,19,22,25-47H2,1-2H3/b12-10-,17-15-,18-16-,21-20-,24-23-. The normalized spacial score (nSPS) is 20.1. The highest BCUT2D eigenvalue weighted by Gasteiger charge is 2.44. The number of unbranched alkanes of at least 4 members (excludes halogenated alkanes) is 23. The fourth-order valence-electron chi connectivity index (χ4n) is 7.57. The minimum Gasteiger partial charge on any atom is -0.457 e. The smallest absolute Gasteiger partial charge is 0.306 e. The van der Waals surface area contributed by atoms with Crippen LogP contribution in [0.5, 0.6) is 0 Å². The third kappa shape index (κ3) is 35.8. The molecule has 1 aliphatic heterocycles. The zero-order chi connectivity index (χ0) is 45.7. The topological polar surface area (TPSA) is 135 Å². The quantitative estimate of drug-likeness (QED) is 0.0268. The average molecular weight is 889 g/mol. The van der Waals surface area contributed by atoms with E-state index in [0.29, 0.717) is 13.0 Å². The number of rotatable bonds is 44. The van der Waals surface area contributed by atoms with E-state index in [0.717, 1.165) is 70.6 Å². The molecule has 1 saturated heterocycles. The third-order valence-electron chi connectivity index (χ3n) is 11.7. The van der Waals surface area contributed by atoms with Crippen molar-refractivity contribution in [2.45, 2.75) is 250 Å². The molecule has 366 valence electrons. The molecular weight excluding hydrogens is 793 g/mol. The largest absolute Gasteiger partial charge is 0.457 e.